The molecule has 0 unspecified atom stereocenters. The summed E-state index contributed by atoms with van der Waals surface area (Å²) in [6, 6.07) is 17.6. The van der Waals surface area contributed by atoms with Gasteiger partial charge in [0.1, 0.15) is 11.5 Å². The third-order valence-electron chi connectivity index (χ3n) is 4.68. The van der Waals surface area contributed by atoms with Crippen molar-refractivity contribution in [1.29, 1.82) is 0 Å². The molecule has 0 spiro atoms. The van der Waals surface area contributed by atoms with Crippen LogP contribution in [0.5, 0.6) is 11.5 Å². The number of benzene rings is 3. The predicted molar refractivity (Wildman–Crippen MR) is 97.4 cm³/mol. The van der Waals surface area contributed by atoms with E-state index in [0.29, 0.717) is 23.7 Å². The van der Waals surface area contributed by atoms with Gasteiger partial charge in [0.2, 0.25) is 0 Å². The van der Waals surface area contributed by atoms with Crippen LogP contribution in [0.4, 0.5) is 0 Å². The first-order valence-electron chi connectivity index (χ1n) is 8.55. The van der Waals surface area contributed by atoms with E-state index >= 15 is 0 Å². The van der Waals surface area contributed by atoms with Crippen LogP contribution < -0.4 is 4.74 Å². The average Bonchev–Trinajstić information content (AvgIpc) is 3.30. The van der Waals surface area contributed by atoms with Crippen LogP contribution >= 0.6 is 0 Å². The summed E-state index contributed by atoms with van der Waals surface area (Å²) in [6.45, 7) is 0.742. The van der Waals surface area contributed by atoms with Crippen LogP contribution in [0.15, 0.2) is 59.1 Å². The number of aromatic hydroxyl groups is 1. The van der Waals surface area contributed by atoms with Crippen LogP contribution in [-0.4, -0.2) is 21.9 Å². The van der Waals surface area contributed by atoms with Crippen molar-refractivity contribution in [1.82, 2.24) is 10.1 Å². The summed E-state index contributed by atoms with van der Waals surface area (Å²) in [5.74, 6) is 2.01. The van der Waals surface area contributed by atoms with Crippen LogP contribution in [0.1, 0.15) is 17.0 Å². The number of rotatable bonds is 3. The van der Waals surface area contributed by atoms with Gasteiger partial charge in [0.25, 0.3) is 5.89 Å². The maximum atomic E-state index is 10.3. The molecular weight excluding hydrogens is 328 g/mol. The van der Waals surface area contributed by atoms with Gasteiger partial charge in [-0.25, -0.2) is 0 Å². The summed E-state index contributed by atoms with van der Waals surface area (Å²) in [5.41, 5.74) is 2.88. The van der Waals surface area contributed by atoms with Crippen LogP contribution in [-0.2, 0) is 12.8 Å². The topological polar surface area (TPSA) is 68.4 Å². The van der Waals surface area contributed by atoms with Gasteiger partial charge in [0.05, 0.1) is 12.2 Å². The fourth-order valence-electron chi connectivity index (χ4n) is 3.37. The van der Waals surface area contributed by atoms with Crippen LogP contribution in [0, 0.1) is 0 Å². The standard InChI is InChI=1S/C21H16N2O3/c24-18-12-15-4-2-1-3-14(15)11-17(18)21-22-20(23-26-21)10-13-5-6-19-16(9-13)7-8-25-19/h1-6,9,11-12,24H,7-8,10H2. The van der Waals surface area contributed by atoms with E-state index in [0.717, 1.165) is 35.1 Å². The number of ether oxygens (including phenoxy) is 1. The Kier molecular flexibility index (Phi) is 3.38. The Bertz CT molecular complexity index is 1120. The van der Waals surface area contributed by atoms with Crippen molar-refractivity contribution in [3.8, 4) is 23.0 Å². The molecule has 3 aromatic carbocycles. The van der Waals surface area contributed by atoms with Gasteiger partial charge in [0.15, 0.2) is 5.82 Å². The zero-order chi connectivity index (χ0) is 17.5. The Labute approximate surface area is 149 Å². The summed E-state index contributed by atoms with van der Waals surface area (Å²) in [4.78, 5) is 4.47. The molecule has 4 aromatic rings. The lowest BCUT2D eigenvalue weighted by Gasteiger charge is -2.03. The molecule has 2 heterocycles. The lowest BCUT2D eigenvalue weighted by atomic mass is 10.1. The van der Waals surface area contributed by atoms with E-state index in [1.165, 1.54) is 5.56 Å². The molecule has 0 bridgehead atoms. The van der Waals surface area contributed by atoms with E-state index in [1.807, 2.05) is 42.5 Å². The number of hydrogen-bond acceptors (Lipinski definition) is 5. The Morgan fingerprint density at radius 2 is 1.85 bits per heavy atom. The average molecular weight is 344 g/mol. The minimum absolute atomic E-state index is 0.133. The fourth-order valence-corrected chi connectivity index (χ4v) is 3.37. The van der Waals surface area contributed by atoms with Gasteiger partial charge in [-0.2, -0.15) is 4.98 Å². The zero-order valence-electron chi connectivity index (χ0n) is 14.0. The number of hydrogen-bond donors (Lipinski definition) is 1. The van der Waals surface area contributed by atoms with Gasteiger partial charge in [-0.3, -0.25) is 0 Å². The number of phenols is 1. The summed E-state index contributed by atoms with van der Waals surface area (Å²) in [6.07, 6.45) is 1.51. The van der Waals surface area contributed by atoms with Crippen molar-refractivity contribution >= 4 is 10.8 Å². The highest BCUT2D eigenvalue weighted by molar-refractivity contribution is 5.89. The largest absolute Gasteiger partial charge is 0.507 e. The van der Waals surface area contributed by atoms with Gasteiger partial charge >= 0.3 is 0 Å². The maximum absolute atomic E-state index is 10.3. The molecule has 0 saturated carbocycles. The first-order chi connectivity index (χ1) is 12.8. The molecule has 1 aromatic heterocycles. The molecule has 1 N–H and O–H groups in total. The molecule has 0 atom stereocenters. The second-order valence-corrected chi connectivity index (χ2v) is 6.45. The minimum Gasteiger partial charge on any atom is -0.507 e. The SMILES string of the molecule is Oc1cc2ccccc2cc1-c1nc(Cc2ccc3c(c2)CCO3)no1. The van der Waals surface area contributed by atoms with Crippen molar-refractivity contribution in [2.24, 2.45) is 0 Å². The zero-order valence-corrected chi connectivity index (χ0v) is 14.0. The van der Waals surface area contributed by atoms with Crippen molar-refractivity contribution in [3.05, 3.63) is 71.5 Å². The highest BCUT2D eigenvalue weighted by atomic mass is 16.5. The van der Waals surface area contributed by atoms with E-state index in [4.69, 9.17) is 9.26 Å². The Morgan fingerprint density at radius 3 is 2.73 bits per heavy atom. The number of aromatic nitrogens is 2. The van der Waals surface area contributed by atoms with E-state index in [-0.39, 0.29) is 5.75 Å². The molecule has 0 aliphatic carbocycles. The van der Waals surface area contributed by atoms with Crippen LogP contribution in [0.3, 0.4) is 0 Å². The van der Waals surface area contributed by atoms with E-state index < -0.39 is 0 Å². The third-order valence-corrected chi connectivity index (χ3v) is 4.68. The molecule has 5 rings (SSSR count). The number of fused-ring (bicyclic) bond motifs is 2. The highest BCUT2D eigenvalue weighted by Crippen LogP contribution is 2.33. The van der Waals surface area contributed by atoms with Crippen LogP contribution in [0.25, 0.3) is 22.2 Å². The van der Waals surface area contributed by atoms with Crippen LogP contribution in [0.2, 0.25) is 0 Å². The lowest BCUT2D eigenvalue weighted by Crippen LogP contribution is -1.92. The smallest absolute Gasteiger partial charge is 0.261 e. The van der Waals surface area contributed by atoms with Crippen molar-refractivity contribution < 1.29 is 14.4 Å². The van der Waals surface area contributed by atoms with E-state index in [2.05, 4.69) is 16.2 Å². The first kappa shape index (κ1) is 15.0. The minimum atomic E-state index is 0.133. The summed E-state index contributed by atoms with van der Waals surface area (Å²) in [7, 11) is 0. The molecular formula is C21H16N2O3. The van der Waals surface area contributed by atoms with Crippen molar-refractivity contribution in [2.45, 2.75) is 12.8 Å². The van der Waals surface area contributed by atoms with Crippen molar-refractivity contribution in [3.63, 3.8) is 0 Å². The first-order valence-corrected chi connectivity index (χ1v) is 8.55. The molecule has 26 heavy (non-hydrogen) atoms. The molecule has 0 saturated heterocycles. The molecule has 1 aliphatic rings. The summed E-state index contributed by atoms with van der Waals surface area (Å²) >= 11 is 0. The Balaban J connectivity index is 1.46. The summed E-state index contributed by atoms with van der Waals surface area (Å²) in [5, 5.41) is 16.4. The normalized spacial score (nSPS) is 12.9. The predicted octanol–water partition coefficient (Wildman–Crippen LogP) is 4.12. The number of nitrogens with zero attached hydrogens (tertiary/aromatic N) is 2. The molecule has 1 aliphatic heterocycles. The lowest BCUT2D eigenvalue weighted by molar-refractivity contribution is 0.357. The molecule has 128 valence electrons. The highest BCUT2D eigenvalue weighted by Gasteiger charge is 2.16. The monoisotopic (exact) mass is 344 g/mol. The van der Waals surface area contributed by atoms with E-state index in [9.17, 15) is 5.11 Å². The molecule has 0 radical (unpaired) electrons. The maximum Gasteiger partial charge on any atom is 0.261 e. The third kappa shape index (κ3) is 2.58. The van der Waals surface area contributed by atoms with Gasteiger partial charge in [0, 0.05) is 12.8 Å². The Hall–Kier alpha value is -3.34. The second kappa shape index (κ2) is 5.88. The summed E-state index contributed by atoms with van der Waals surface area (Å²) < 4.78 is 10.9. The van der Waals surface area contributed by atoms with Gasteiger partial charge in [-0.1, -0.05) is 41.6 Å². The Morgan fingerprint density at radius 1 is 1.00 bits per heavy atom. The van der Waals surface area contributed by atoms with Gasteiger partial charge < -0.3 is 14.4 Å². The van der Waals surface area contributed by atoms with Crippen molar-refractivity contribution in [2.75, 3.05) is 6.61 Å². The molecule has 5 heteroatoms. The van der Waals surface area contributed by atoms with Gasteiger partial charge in [-0.05, 0) is 40.1 Å². The second-order valence-electron chi connectivity index (χ2n) is 6.45. The molecule has 0 fully saturated rings. The molecule has 5 nitrogen and oxygen atoms in total. The number of phenolic OH excluding ortho intramolecular Hbond substituents is 1. The van der Waals surface area contributed by atoms with E-state index in [1.54, 1.807) is 6.07 Å². The fraction of sp³-hybridized carbons (Fsp3) is 0.143. The quantitative estimate of drug-likeness (QED) is 0.605. The molecule has 0 amide bonds. The van der Waals surface area contributed by atoms with Gasteiger partial charge in [-0.15, -0.1) is 0 Å².